The van der Waals surface area contributed by atoms with Crippen LogP contribution in [0.15, 0.2) is 60.8 Å². The molecule has 1 aromatic heterocycles. The van der Waals surface area contributed by atoms with Crippen LogP contribution in [0.2, 0.25) is 5.02 Å². The largest absolute Gasteiger partial charge is 0.495 e. The Labute approximate surface area is 248 Å². The number of halogens is 1. The van der Waals surface area contributed by atoms with Crippen LogP contribution in [0.25, 0.3) is 0 Å². The van der Waals surface area contributed by atoms with Crippen LogP contribution in [0.3, 0.4) is 0 Å². The van der Waals surface area contributed by atoms with Gasteiger partial charge < -0.3 is 30.3 Å². The van der Waals surface area contributed by atoms with Crippen molar-refractivity contribution in [2.45, 2.75) is 0 Å². The van der Waals surface area contributed by atoms with E-state index >= 15 is 0 Å². The number of ketones is 1. The molecule has 2 heterocycles. The number of carbonyl (C=O) groups excluding carboxylic acids is 3. The molecule has 0 saturated carbocycles. The molecule has 1 aliphatic heterocycles. The fraction of sp³-hybridized carbons (Fsp3) is 0.276. The first-order valence-corrected chi connectivity index (χ1v) is 13.5. The van der Waals surface area contributed by atoms with Crippen LogP contribution in [0, 0.1) is 0 Å². The van der Waals surface area contributed by atoms with Gasteiger partial charge >= 0.3 is 0 Å². The van der Waals surface area contributed by atoms with Crippen molar-refractivity contribution < 1.29 is 23.9 Å². The second-order valence-electron chi connectivity index (χ2n) is 9.43. The molecule has 0 aliphatic carbocycles. The highest BCUT2D eigenvalue weighted by atomic mass is 35.5. The smallest absolute Gasteiger partial charge is 0.294 e. The zero-order valence-electron chi connectivity index (χ0n) is 23.5. The lowest BCUT2D eigenvalue weighted by molar-refractivity contribution is -0.124. The first-order valence-electron chi connectivity index (χ1n) is 13.1. The van der Waals surface area contributed by atoms with Crippen LogP contribution >= 0.6 is 11.6 Å². The molecule has 12 nitrogen and oxygen atoms in total. The van der Waals surface area contributed by atoms with Crippen molar-refractivity contribution in [1.82, 2.24) is 19.8 Å². The molecular formula is C29H32ClN7O5. The molecule has 0 spiro atoms. The van der Waals surface area contributed by atoms with Crippen LogP contribution in [-0.4, -0.2) is 91.4 Å². The van der Waals surface area contributed by atoms with Crippen molar-refractivity contribution in [3.8, 4) is 5.75 Å². The number of nitrogens with zero attached hydrogens (tertiary/aromatic N) is 4. The van der Waals surface area contributed by atoms with Crippen LogP contribution in [-0.2, 0) is 14.3 Å². The van der Waals surface area contributed by atoms with Gasteiger partial charge in [-0.1, -0.05) is 29.8 Å². The fourth-order valence-corrected chi connectivity index (χ4v) is 4.17. The maximum Gasteiger partial charge on any atom is 0.294 e. The van der Waals surface area contributed by atoms with E-state index in [0.29, 0.717) is 42.6 Å². The van der Waals surface area contributed by atoms with E-state index in [4.69, 9.17) is 21.1 Å². The summed E-state index contributed by atoms with van der Waals surface area (Å²) in [7, 11) is 4.53. The maximum atomic E-state index is 12.7. The van der Waals surface area contributed by atoms with Gasteiger partial charge in [0.1, 0.15) is 10.8 Å². The number of para-hydroxylation sites is 1. The quantitative estimate of drug-likeness (QED) is 0.171. The first-order chi connectivity index (χ1) is 20.2. The third-order valence-corrected chi connectivity index (χ3v) is 6.50. The molecule has 1 fully saturated rings. The summed E-state index contributed by atoms with van der Waals surface area (Å²) < 4.78 is 10.8. The Morgan fingerprint density at radius 2 is 1.86 bits per heavy atom. The van der Waals surface area contributed by atoms with Gasteiger partial charge in [0.25, 0.3) is 11.7 Å². The number of benzene rings is 2. The summed E-state index contributed by atoms with van der Waals surface area (Å²) in [6.45, 7) is 3.73. The maximum absolute atomic E-state index is 12.7. The topological polar surface area (TPSA) is 138 Å². The number of ether oxygens (including phenoxy) is 2. The molecule has 0 radical (unpaired) electrons. The van der Waals surface area contributed by atoms with Gasteiger partial charge in [-0.2, -0.15) is 4.98 Å². The van der Waals surface area contributed by atoms with Gasteiger partial charge in [-0.05, 0) is 30.3 Å². The number of nitrogens with one attached hydrogen (secondary N) is 3. The van der Waals surface area contributed by atoms with E-state index in [0.717, 1.165) is 13.1 Å². The number of rotatable bonds is 11. The lowest BCUT2D eigenvalue weighted by Crippen LogP contribution is -2.36. The number of anilines is 5. The summed E-state index contributed by atoms with van der Waals surface area (Å²) in [5.74, 6) is -0.738. The monoisotopic (exact) mass is 593 g/mol. The van der Waals surface area contributed by atoms with E-state index in [-0.39, 0.29) is 28.3 Å². The van der Waals surface area contributed by atoms with Crippen molar-refractivity contribution >= 4 is 58.0 Å². The number of morpholine rings is 1. The number of hydrogen-bond acceptors (Lipinski definition) is 10. The Bertz CT molecular complexity index is 1470. The highest BCUT2D eigenvalue weighted by Crippen LogP contribution is 2.32. The third kappa shape index (κ3) is 8.03. The van der Waals surface area contributed by atoms with E-state index in [9.17, 15) is 14.4 Å². The van der Waals surface area contributed by atoms with Crippen molar-refractivity contribution in [3.05, 3.63) is 71.4 Å². The molecule has 0 bridgehead atoms. The van der Waals surface area contributed by atoms with E-state index in [1.807, 2.05) is 6.08 Å². The predicted octanol–water partition coefficient (Wildman–Crippen LogP) is 3.72. The number of likely N-dealkylation sites (N-methyl/N-ethyl adjacent to an activating group) is 1. The van der Waals surface area contributed by atoms with Gasteiger partial charge in [0.15, 0.2) is 5.82 Å². The summed E-state index contributed by atoms with van der Waals surface area (Å²) in [6, 6.07) is 11.7. The first kappa shape index (κ1) is 30.4. The molecule has 13 heteroatoms. The van der Waals surface area contributed by atoms with E-state index in [1.54, 1.807) is 42.5 Å². The molecule has 1 aliphatic rings. The number of methoxy groups -OCH3 is 1. The molecule has 0 atom stereocenters. The van der Waals surface area contributed by atoms with Gasteiger partial charge in [-0.3, -0.25) is 19.3 Å². The van der Waals surface area contributed by atoms with Crippen molar-refractivity contribution in [2.75, 3.05) is 70.0 Å². The van der Waals surface area contributed by atoms with Crippen molar-refractivity contribution in [2.24, 2.45) is 0 Å². The standard InChI is InChI=1S/C29H32ClN7O5/c1-36(2)28(40)26(39)20-7-4-5-8-22(20)33-27-21(30)18-31-29(35-27)34-23-17-19(10-11-24(23)41-3)32-25(38)9-6-12-37-13-15-42-16-14-37/h4-11,17-18H,12-16H2,1-3H3,(H,32,38)(H2,31,33,34,35)/b9-6+. The number of carbonyl (C=O) groups is 3. The highest BCUT2D eigenvalue weighted by Gasteiger charge is 2.22. The second kappa shape index (κ2) is 14.4. The van der Waals surface area contributed by atoms with Crippen LogP contribution in [0.4, 0.5) is 28.8 Å². The molecular weight excluding hydrogens is 562 g/mol. The fourth-order valence-electron chi connectivity index (χ4n) is 4.03. The molecule has 2 amide bonds. The molecule has 4 rings (SSSR count). The Morgan fingerprint density at radius 1 is 1.10 bits per heavy atom. The Morgan fingerprint density at radius 3 is 2.60 bits per heavy atom. The minimum absolute atomic E-state index is 0.169. The molecule has 3 N–H and O–H groups in total. The average Bonchev–Trinajstić information content (AvgIpc) is 2.99. The Hall–Kier alpha value is -4.52. The van der Waals surface area contributed by atoms with Gasteiger partial charge in [-0.15, -0.1) is 0 Å². The molecule has 3 aromatic rings. The minimum atomic E-state index is -0.675. The summed E-state index contributed by atoms with van der Waals surface area (Å²) in [4.78, 5) is 49.6. The van der Waals surface area contributed by atoms with Gasteiger partial charge in [0.05, 0.1) is 43.5 Å². The molecule has 1 saturated heterocycles. The van der Waals surface area contributed by atoms with Gasteiger partial charge in [0.2, 0.25) is 11.9 Å². The molecule has 0 unspecified atom stereocenters. The van der Waals surface area contributed by atoms with E-state index in [1.165, 1.54) is 38.4 Å². The lowest BCUT2D eigenvalue weighted by Gasteiger charge is -2.25. The number of aromatic nitrogens is 2. The number of hydrogen-bond donors (Lipinski definition) is 3. The summed E-state index contributed by atoms with van der Waals surface area (Å²) in [5, 5.41) is 9.15. The SMILES string of the molecule is COc1ccc(NC(=O)/C=C/CN2CCOCC2)cc1Nc1ncc(Cl)c(Nc2ccccc2C(=O)C(=O)N(C)C)n1. The van der Waals surface area contributed by atoms with Gasteiger partial charge in [0, 0.05) is 45.5 Å². The second-order valence-corrected chi connectivity index (χ2v) is 9.84. The van der Waals surface area contributed by atoms with Crippen LogP contribution in [0.5, 0.6) is 5.75 Å². The normalized spacial score (nSPS) is 13.4. The van der Waals surface area contributed by atoms with Crippen molar-refractivity contribution in [1.29, 1.82) is 0 Å². The highest BCUT2D eigenvalue weighted by molar-refractivity contribution is 6.43. The predicted molar refractivity (Wildman–Crippen MR) is 161 cm³/mol. The van der Waals surface area contributed by atoms with E-state index in [2.05, 4.69) is 30.8 Å². The summed E-state index contributed by atoms with van der Waals surface area (Å²) >= 11 is 6.36. The summed E-state index contributed by atoms with van der Waals surface area (Å²) in [6.07, 6.45) is 4.72. The van der Waals surface area contributed by atoms with Crippen molar-refractivity contribution in [3.63, 3.8) is 0 Å². The van der Waals surface area contributed by atoms with E-state index < -0.39 is 11.7 Å². The third-order valence-electron chi connectivity index (χ3n) is 6.22. The molecule has 220 valence electrons. The van der Waals surface area contributed by atoms with Crippen LogP contribution < -0.4 is 20.7 Å². The zero-order chi connectivity index (χ0) is 30.1. The molecule has 2 aromatic carbocycles. The Balaban J connectivity index is 1.49. The van der Waals surface area contributed by atoms with Gasteiger partial charge in [-0.25, -0.2) is 4.98 Å². The average molecular weight is 594 g/mol. The Kier molecular flexibility index (Phi) is 10.4. The number of amides is 2. The zero-order valence-corrected chi connectivity index (χ0v) is 24.3. The molecule has 42 heavy (non-hydrogen) atoms. The van der Waals surface area contributed by atoms with Crippen LogP contribution in [0.1, 0.15) is 10.4 Å². The summed E-state index contributed by atoms with van der Waals surface area (Å²) in [5.41, 5.74) is 1.55. The number of Topliss-reactive ketones (excluding diaryl/α,β-unsaturated/α-hetero) is 1. The lowest BCUT2D eigenvalue weighted by atomic mass is 10.1. The minimum Gasteiger partial charge on any atom is -0.495 e.